The van der Waals surface area contributed by atoms with Crippen molar-refractivity contribution in [1.29, 1.82) is 0 Å². The summed E-state index contributed by atoms with van der Waals surface area (Å²) in [5.41, 5.74) is 0. The molecule has 0 bridgehead atoms. The Bertz CT molecular complexity index is 255. The number of aliphatic hydroxyl groups excluding tert-OH is 2. The van der Waals surface area contributed by atoms with Gasteiger partial charge in [-0.25, -0.2) is 4.57 Å². The predicted molar refractivity (Wildman–Crippen MR) is 96.4 cm³/mol. The van der Waals surface area contributed by atoms with Crippen molar-refractivity contribution in [3.05, 3.63) is 13.2 Å². The van der Waals surface area contributed by atoms with Crippen LogP contribution in [0.1, 0.15) is 72.6 Å². The minimum Gasteiger partial charge on any atom is -1.00 e. The van der Waals surface area contributed by atoms with Gasteiger partial charge in [0.25, 0.3) is 0 Å². The van der Waals surface area contributed by atoms with E-state index in [-0.39, 0.29) is 72.6 Å². The summed E-state index contributed by atoms with van der Waals surface area (Å²) in [6.07, 6.45) is 12.0. The van der Waals surface area contributed by atoms with E-state index in [4.69, 9.17) is 20.0 Å². The van der Waals surface area contributed by atoms with E-state index in [1.54, 1.807) is 0 Å². The van der Waals surface area contributed by atoms with E-state index in [1.165, 1.54) is 44.9 Å². The number of unbranched alkanes of at least 4 members (excludes halogenated alkanes) is 9. The van der Waals surface area contributed by atoms with E-state index in [0.29, 0.717) is 0 Å². The molecule has 0 rings (SSSR count). The van der Waals surface area contributed by atoms with Crippen molar-refractivity contribution < 1.29 is 81.9 Å². The van der Waals surface area contributed by atoms with Crippen molar-refractivity contribution in [1.82, 2.24) is 0 Å². The topological polar surface area (TPSA) is 107 Å². The molecule has 4 N–H and O–H groups in total. The Morgan fingerprint density at radius 1 is 0.833 bits per heavy atom. The van der Waals surface area contributed by atoms with Gasteiger partial charge in [0.05, 0.1) is 19.8 Å². The maximum Gasteiger partial charge on any atom is 1.00 e. The first-order valence-electron chi connectivity index (χ1n) is 8.39. The molecule has 0 aromatic heterocycles. The summed E-state index contributed by atoms with van der Waals surface area (Å²) in [5, 5.41) is 15.2. The van der Waals surface area contributed by atoms with Crippen molar-refractivity contribution in [3.63, 3.8) is 0 Å². The number of phosphoric ester groups is 1. The number of phosphoric acid groups is 1. The zero-order valence-electron chi connectivity index (χ0n) is 16.7. The molecule has 0 unspecified atom stereocenters. The molecule has 0 saturated heterocycles. The van der Waals surface area contributed by atoms with E-state index in [1.807, 2.05) is 0 Å². The van der Waals surface area contributed by atoms with Gasteiger partial charge >= 0.3 is 59.2 Å². The second kappa shape index (κ2) is 29.2. The number of aliphatic hydroxyl groups is 2. The molecule has 0 radical (unpaired) electrons. The monoisotopic (exact) mass is 396 g/mol. The summed E-state index contributed by atoms with van der Waals surface area (Å²) in [6.45, 7) is 8.14. The molecule has 144 valence electrons. The molecular formula is C16H38KO6P. The fourth-order valence-electron chi connectivity index (χ4n) is 1.77. The minimum atomic E-state index is -4.24. The number of hydrogen-bond acceptors (Lipinski definition) is 4. The third-order valence-corrected chi connectivity index (χ3v) is 3.38. The van der Waals surface area contributed by atoms with Gasteiger partial charge in [0, 0.05) is 0 Å². The fourth-order valence-corrected chi connectivity index (χ4v) is 2.14. The van der Waals surface area contributed by atoms with E-state index in [2.05, 4.69) is 24.6 Å². The molecule has 8 heteroatoms. The summed E-state index contributed by atoms with van der Waals surface area (Å²) in [5.74, 6) is 0. The molecule has 0 fully saturated rings. The van der Waals surface area contributed by atoms with Crippen molar-refractivity contribution in [3.8, 4) is 0 Å². The van der Waals surface area contributed by atoms with Crippen molar-refractivity contribution in [2.24, 2.45) is 0 Å². The van der Waals surface area contributed by atoms with Gasteiger partial charge in [-0.15, -0.1) is 13.2 Å². The average Bonchev–Trinajstić information content (AvgIpc) is 2.54. The zero-order valence-corrected chi connectivity index (χ0v) is 19.7. The first kappa shape index (κ1) is 33.0. The summed E-state index contributed by atoms with van der Waals surface area (Å²) in [7, 11) is -4.24. The van der Waals surface area contributed by atoms with Gasteiger partial charge in [-0.05, 0) is 6.42 Å². The maximum atomic E-state index is 10.4. The second-order valence-corrected chi connectivity index (χ2v) is 6.19. The van der Waals surface area contributed by atoms with Gasteiger partial charge in [0.2, 0.25) is 0 Å². The van der Waals surface area contributed by atoms with Crippen LogP contribution in [-0.4, -0.2) is 39.8 Å². The molecule has 24 heavy (non-hydrogen) atoms. The largest absolute Gasteiger partial charge is 1.00 e. The molecule has 0 aromatic carbocycles. The minimum absolute atomic E-state index is 0. The van der Waals surface area contributed by atoms with Crippen LogP contribution in [0.4, 0.5) is 0 Å². The molecular weight excluding hydrogens is 358 g/mol. The van der Waals surface area contributed by atoms with Gasteiger partial charge < -0.3 is 21.4 Å². The normalized spacial score (nSPS) is 9.88. The second-order valence-electron chi connectivity index (χ2n) is 4.95. The molecule has 0 aliphatic heterocycles. The maximum absolute atomic E-state index is 10.4. The Kier molecular flexibility index (Phi) is 40.2. The summed E-state index contributed by atoms with van der Waals surface area (Å²) < 4.78 is 14.7. The van der Waals surface area contributed by atoms with E-state index >= 15 is 0 Å². The van der Waals surface area contributed by atoms with Crippen LogP contribution in [0.25, 0.3) is 0 Å². The Morgan fingerprint density at radius 2 is 1.17 bits per heavy atom. The van der Waals surface area contributed by atoms with Gasteiger partial charge in [0.15, 0.2) is 0 Å². The predicted octanol–water partition coefficient (Wildman–Crippen LogP) is 0.906. The Hall–Kier alpha value is 1.41. The van der Waals surface area contributed by atoms with Gasteiger partial charge in [0.1, 0.15) is 0 Å². The first-order valence-corrected chi connectivity index (χ1v) is 9.92. The van der Waals surface area contributed by atoms with Gasteiger partial charge in [-0.3, -0.25) is 4.52 Å². The number of hydrogen-bond donors (Lipinski definition) is 4. The zero-order chi connectivity index (χ0) is 18.4. The Balaban J connectivity index is -0.000000146. The van der Waals surface area contributed by atoms with Crippen LogP contribution < -0.4 is 51.4 Å². The molecule has 0 spiro atoms. The van der Waals surface area contributed by atoms with Crippen LogP contribution in [0.15, 0.2) is 13.2 Å². The summed E-state index contributed by atoms with van der Waals surface area (Å²) in [6, 6.07) is 0. The molecule has 0 aliphatic rings. The van der Waals surface area contributed by atoms with Crippen LogP contribution in [0.2, 0.25) is 0 Å². The molecule has 0 aromatic rings. The van der Waals surface area contributed by atoms with Crippen molar-refractivity contribution in [2.75, 3.05) is 19.8 Å². The molecule has 0 saturated carbocycles. The van der Waals surface area contributed by atoms with Crippen LogP contribution in [0.3, 0.4) is 0 Å². The Morgan fingerprint density at radius 3 is 1.46 bits per heavy atom. The van der Waals surface area contributed by atoms with Crippen molar-refractivity contribution in [2.45, 2.75) is 71.1 Å². The third kappa shape index (κ3) is 43.7. The third-order valence-electron chi connectivity index (χ3n) is 2.86. The van der Waals surface area contributed by atoms with Gasteiger partial charge in [-0.2, -0.15) is 0 Å². The van der Waals surface area contributed by atoms with Crippen LogP contribution in [0.5, 0.6) is 0 Å². The summed E-state index contributed by atoms with van der Waals surface area (Å²) >= 11 is 0. The molecule has 0 amide bonds. The van der Waals surface area contributed by atoms with E-state index in [0.717, 1.165) is 19.3 Å². The fraction of sp³-hybridized carbons (Fsp3) is 0.875. The van der Waals surface area contributed by atoms with E-state index < -0.39 is 7.82 Å². The van der Waals surface area contributed by atoms with E-state index in [9.17, 15) is 4.57 Å². The number of rotatable bonds is 13. The van der Waals surface area contributed by atoms with Gasteiger partial charge in [-0.1, -0.05) is 64.7 Å². The standard InChI is InChI=1S/C12H27O4P.C2H6O2.C2H4.K.H/c1-2-3-4-5-6-7-8-9-10-11-12-16-17(13,14)15;3-1-2-4;1-2;;/h2-12H2,1H3,(H2,13,14,15);3-4H,1-2H2;1-2H2;;/q;;;+1;-1. The summed E-state index contributed by atoms with van der Waals surface area (Å²) in [4.78, 5) is 16.9. The van der Waals surface area contributed by atoms with Crippen LogP contribution >= 0.6 is 7.82 Å². The molecule has 0 atom stereocenters. The quantitative estimate of drug-likeness (QED) is 0.160. The Labute approximate surface area is 192 Å². The van der Waals surface area contributed by atoms with Crippen molar-refractivity contribution >= 4 is 7.82 Å². The first-order chi connectivity index (χ1) is 11.0. The molecule has 0 heterocycles. The van der Waals surface area contributed by atoms with Crippen LogP contribution in [0, 0.1) is 0 Å². The SMILES string of the molecule is C=C.CCCCCCCCCCCCOP(=O)(O)O.OCCO.[H-].[K+]. The van der Waals surface area contributed by atoms with Crippen LogP contribution in [-0.2, 0) is 9.09 Å². The molecule has 6 nitrogen and oxygen atoms in total. The smallest absolute Gasteiger partial charge is 1.00 e. The molecule has 0 aliphatic carbocycles. The average molecular weight is 397 g/mol.